The van der Waals surface area contributed by atoms with Gasteiger partial charge in [-0.2, -0.15) is 0 Å². The lowest BCUT2D eigenvalue weighted by molar-refractivity contribution is -0.142. The molecule has 1 N–H and O–H groups in total. The summed E-state index contributed by atoms with van der Waals surface area (Å²) in [6.07, 6.45) is 0. The predicted octanol–water partition coefficient (Wildman–Crippen LogP) is 4.56. The van der Waals surface area contributed by atoms with Crippen molar-refractivity contribution in [2.45, 2.75) is 33.4 Å². The molecule has 0 aliphatic carbocycles. The van der Waals surface area contributed by atoms with E-state index in [2.05, 4.69) is 5.32 Å². The van der Waals surface area contributed by atoms with Gasteiger partial charge in [0.15, 0.2) is 6.61 Å². The number of hydrogen-bond donors (Lipinski definition) is 1. The maximum absolute atomic E-state index is 12.9. The highest BCUT2D eigenvalue weighted by atomic mass is 35.5. The van der Waals surface area contributed by atoms with Crippen LogP contribution in [0.4, 0.5) is 0 Å². The minimum atomic E-state index is -0.671. The van der Waals surface area contributed by atoms with E-state index in [0.717, 1.165) is 5.56 Å². The van der Waals surface area contributed by atoms with Gasteiger partial charge in [-0.1, -0.05) is 61.3 Å². The lowest BCUT2D eigenvalue weighted by Crippen LogP contribution is -2.49. The van der Waals surface area contributed by atoms with E-state index in [1.807, 2.05) is 26.0 Å². The molecule has 0 fully saturated rings. The lowest BCUT2D eigenvalue weighted by Gasteiger charge is -2.29. The number of amides is 2. The molecule has 7 heteroatoms. The van der Waals surface area contributed by atoms with Crippen molar-refractivity contribution in [1.82, 2.24) is 10.2 Å². The van der Waals surface area contributed by atoms with Crippen molar-refractivity contribution in [3.8, 4) is 5.75 Å². The Bertz CT molecular complexity index is 842. The summed E-state index contributed by atoms with van der Waals surface area (Å²) in [7, 11) is 0. The SMILES string of the molecule is CC(C)CNC(=O)[C@@H](C)N(Cc1cccc(Cl)c1)C(=O)COc1ccccc1Cl. The summed E-state index contributed by atoms with van der Waals surface area (Å²) in [5, 5.41) is 3.87. The lowest BCUT2D eigenvalue weighted by atomic mass is 10.1. The molecule has 0 aromatic heterocycles. The molecule has 0 spiro atoms. The van der Waals surface area contributed by atoms with Gasteiger partial charge in [0, 0.05) is 18.1 Å². The largest absolute Gasteiger partial charge is 0.482 e. The second-order valence-electron chi connectivity index (χ2n) is 7.19. The maximum atomic E-state index is 12.9. The van der Waals surface area contributed by atoms with Crippen molar-refractivity contribution in [1.29, 1.82) is 0 Å². The first-order valence-electron chi connectivity index (χ1n) is 9.47. The minimum absolute atomic E-state index is 0.216. The molecule has 0 aliphatic heterocycles. The number of rotatable bonds is 9. The van der Waals surface area contributed by atoms with Gasteiger partial charge in [-0.05, 0) is 42.7 Å². The van der Waals surface area contributed by atoms with Gasteiger partial charge < -0.3 is 15.0 Å². The van der Waals surface area contributed by atoms with Crippen molar-refractivity contribution in [3.63, 3.8) is 0 Å². The summed E-state index contributed by atoms with van der Waals surface area (Å²) >= 11 is 12.2. The van der Waals surface area contributed by atoms with Crippen LogP contribution in [0.2, 0.25) is 10.0 Å². The van der Waals surface area contributed by atoms with Crippen molar-refractivity contribution in [2.75, 3.05) is 13.2 Å². The third-order valence-electron chi connectivity index (χ3n) is 4.28. The van der Waals surface area contributed by atoms with E-state index in [1.54, 1.807) is 43.3 Å². The number of para-hydroxylation sites is 1. The molecule has 0 bridgehead atoms. The summed E-state index contributed by atoms with van der Waals surface area (Å²) in [6, 6.07) is 13.5. The molecule has 5 nitrogen and oxygen atoms in total. The highest BCUT2D eigenvalue weighted by Crippen LogP contribution is 2.23. The van der Waals surface area contributed by atoms with Crippen LogP contribution in [-0.4, -0.2) is 35.9 Å². The second-order valence-corrected chi connectivity index (χ2v) is 8.03. The van der Waals surface area contributed by atoms with E-state index in [1.165, 1.54) is 4.90 Å². The van der Waals surface area contributed by atoms with Crippen LogP contribution in [0.1, 0.15) is 26.3 Å². The number of halogens is 2. The van der Waals surface area contributed by atoms with Gasteiger partial charge >= 0.3 is 0 Å². The van der Waals surface area contributed by atoms with Gasteiger partial charge in [-0.25, -0.2) is 0 Å². The molecular formula is C22H26Cl2N2O3. The fraction of sp³-hybridized carbons (Fsp3) is 0.364. The van der Waals surface area contributed by atoms with Gasteiger partial charge in [0.1, 0.15) is 11.8 Å². The average Bonchev–Trinajstić information content (AvgIpc) is 2.69. The molecule has 0 heterocycles. The van der Waals surface area contributed by atoms with E-state index in [-0.39, 0.29) is 25.0 Å². The monoisotopic (exact) mass is 436 g/mol. The smallest absolute Gasteiger partial charge is 0.261 e. The van der Waals surface area contributed by atoms with Crippen LogP contribution in [0, 0.1) is 5.92 Å². The summed E-state index contributed by atoms with van der Waals surface area (Å²) in [4.78, 5) is 27.0. The summed E-state index contributed by atoms with van der Waals surface area (Å²) in [6.45, 7) is 6.27. The van der Waals surface area contributed by atoms with Crippen molar-refractivity contribution in [2.24, 2.45) is 5.92 Å². The zero-order chi connectivity index (χ0) is 21.4. The number of hydrogen-bond acceptors (Lipinski definition) is 3. The first kappa shape index (κ1) is 23.0. The van der Waals surface area contributed by atoms with E-state index in [4.69, 9.17) is 27.9 Å². The quantitative estimate of drug-likeness (QED) is 0.626. The molecule has 156 valence electrons. The molecule has 2 aromatic carbocycles. The molecule has 0 saturated heterocycles. The first-order valence-corrected chi connectivity index (χ1v) is 10.2. The Morgan fingerprint density at radius 1 is 1.07 bits per heavy atom. The molecule has 0 aliphatic rings. The van der Waals surface area contributed by atoms with Crippen LogP contribution in [0.25, 0.3) is 0 Å². The molecule has 2 aromatic rings. The number of nitrogens with zero attached hydrogens (tertiary/aromatic N) is 1. The van der Waals surface area contributed by atoms with Crippen LogP contribution in [0.3, 0.4) is 0 Å². The molecule has 0 unspecified atom stereocenters. The Kier molecular flexibility index (Phi) is 8.80. The molecule has 2 amide bonds. The number of benzene rings is 2. The van der Waals surface area contributed by atoms with Gasteiger partial charge in [-0.3, -0.25) is 9.59 Å². The Morgan fingerprint density at radius 2 is 1.79 bits per heavy atom. The predicted molar refractivity (Wildman–Crippen MR) is 116 cm³/mol. The molecular weight excluding hydrogens is 411 g/mol. The first-order chi connectivity index (χ1) is 13.8. The standard InChI is InChI=1S/C22H26Cl2N2O3/c1-15(2)12-25-22(28)16(3)26(13-17-7-6-8-18(23)11-17)21(27)14-29-20-10-5-4-9-19(20)24/h4-11,15-16H,12-14H2,1-3H3,(H,25,28)/t16-/m1/s1. The Hall–Kier alpha value is -2.24. The summed E-state index contributed by atoms with van der Waals surface area (Å²) in [5.41, 5.74) is 0.826. The highest BCUT2D eigenvalue weighted by Gasteiger charge is 2.26. The van der Waals surface area contributed by atoms with E-state index < -0.39 is 6.04 Å². The average molecular weight is 437 g/mol. The van der Waals surface area contributed by atoms with Crippen LogP contribution in [0.15, 0.2) is 48.5 Å². The molecule has 29 heavy (non-hydrogen) atoms. The van der Waals surface area contributed by atoms with E-state index in [0.29, 0.717) is 28.3 Å². The molecule has 0 radical (unpaired) electrons. The van der Waals surface area contributed by atoms with Crippen molar-refractivity contribution in [3.05, 3.63) is 64.1 Å². The second kappa shape index (κ2) is 11.1. The Labute approximate surface area is 181 Å². The molecule has 2 rings (SSSR count). The zero-order valence-electron chi connectivity index (χ0n) is 16.8. The minimum Gasteiger partial charge on any atom is -0.482 e. The Balaban J connectivity index is 2.14. The normalized spacial score (nSPS) is 11.8. The van der Waals surface area contributed by atoms with E-state index in [9.17, 15) is 9.59 Å². The third kappa shape index (κ3) is 7.26. The van der Waals surface area contributed by atoms with Crippen LogP contribution >= 0.6 is 23.2 Å². The number of carbonyl (C=O) groups excluding carboxylic acids is 2. The zero-order valence-corrected chi connectivity index (χ0v) is 18.3. The molecule has 0 saturated carbocycles. The number of ether oxygens (including phenoxy) is 1. The van der Waals surface area contributed by atoms with Gasteiger partial charge in [0.05, 0.1) is 5.02 Å². The maximum Gasteiger partial charge on any atom is 0.261 e. The van der Waals surface area contributed by atoms with Crippen molar-refractivity contribution >= 4 is 35.0 Å². The molecule has 1 atom stereocenters. The third-order valence-corrected chi connectivity index (χ3v) is 4.83. The summed E-state index contributed by atoms with van der Waals surface area (Å²) in [5.74, 6) is 0.192. The van der Waals surface area contributed by atoms with Gasteiger partial charge in [-0.15, -0.1) is 0 Å². The van der Waals surface area contributed by atoms with E-state index >= 15 is 0 Å². The van der Waals surface area contributed by atoms with Gasteiger partial charge in [0.25, 0.3) is 5.91 Å². The fourth-order valence-corrected chi connectivity index (χ4v) is 3.05. The number of nitrogens with one attached hydrogen (secondary N) is 1. The highest BCUT2D eigenvalue weighted by molar-refractivity contribution is 6.32. The Morgan fingerprint density at radius 3 is 2.45 bits per heavy atom. The van der Waals surface area contributed by atoms with Crippen LogP contribution in [0.5, 0.6) is 5.75 Å². The van der Waals surface area contributed by atoms with Gasteiger partial charge in [0.2, 0.25) is 5.91 Å². The topological polar surface area (TPSA) is 58.6 Å². The van der Waals surface area contributed by atoms with Crippen LogP contribution < -0.4 is 10.1 Å². The van der Waals surface area contributed by atoms with Crippen molar-refractivity contribution < 1.29 is 14.3 Å². The number of carbonyl (C=O) groups is 2. The summed E-state index contributed by atoms with van der Waals surface area (Å²) < 4.78 is 5.59. The van der Waals surface area contributed by atoms with Crippen LogP contribution in [-0.2, 0) is 16.1 Å². The fourth-order valence-electron chi connectivity index (χ4n) is 2.65.